The molecular weight excluding hydrogens is 90.1 g/mol. The minimum atomic E-state index is 0.264. The van der Waals surface area contributed by atoms with Gasteiger partial charge in [0.1, 0.15) is 0 Å². The Morgan fingerprint density at radius 3 is 2.71 bits per heavy atom. The van der Waals surface area contributed by atoms with Crippen LogP contribution in [0.15, 0.2) is 0 Å². The molecule has 2 rings (SSSR count). The van der Waals surface area contributed by atoms with E-state index in [1.165, 1.54) is 6.54 Å². The first-order valence-corrected chi connectivity index (χ1v) is 2.61. The molecule has 2 heterocycles. The average molecular weight is 99.1 g/mol. The molecule has 0 amide bonds. The van der Waals surface area contributed by atoms with Crippen LogP contribution in [-0.4, -0.2) is 30.3 Å². The molecule has 0 aromatic heterocycles. The van der Waals surface area contributed by atoms with Crippen LogP contribution in [0.1, 0.15) is 0 Å². The van der Waals surface area contributed by atoms with E-state index in [-0.39, 0.29) is 6.17 Å². The molecule has 40 valence electrons. The molecule has 0 aromatic rings. The summed E-state index contributed by atoms with van der Waals surface area (Å²) in [6.07, 6.45) is 0.264. The van der Waals surface area contributed by atoms with E-state index in [0.29, 0.717) is 6.04 Å². The summed E-state index contributed by atoms with van der Waals surface area (Å²) in [6.45, 7) is 2.22. The fraction of sp³-hybridized carbons (Fsp3) is 1.00. The van der Waals surface area contributed by atoms with Crippen LogP contribution in [0.5, 0.6) is 0 Å². The van der Waals surface area contributed by atoms with E-state index in [0.717, 1.165) is 6.67 Å². The lowest BCUT2D eigenvalue weighted by atomic mass is 10.4. The van der Waals surface area contributed by atoms with Gasteiger partial charge in [-0.15, -0.1) is 0 Å². The number of nitrogens with zero attached hydrogens (tertiary/aromatic N) is 1. The third-order valence-electron chi connectivity index (χ3n) is 1.70. The SMILES string of the molecule is NC1NCN2CC12. The van der Waals surface area contributed by atoms with Crippen molar-refractivity contribution in [1.82, 2.24) is 10.2 Å². The third kappa shape index (κ3) is 0.400. The third-order valence-corrected chi connectivity index (χ3v) is 1.70. The smallest absolute Gasteiger partial charge is 0.0729 e. The topological polar surface area (TPSA) is 41.1 Å². The number of hydrogen-bond donors (Lipinski definition) is 2. The Balaban J connectivity index is 2.08. The molecule has 0 radical (unpaired) electrons. The van der Waals surface area contributed by atoms with Crippen molar-refractivity contribution in [1.29, 1.82) is 0 Å². The van der Waals surface area contributed by atoms with Crippen molar-refractivity contribution < 1.29 is 0 Å². The van der Waals surface area contributed by atoms with Crippen molar-refractivity contribution in [2.75, 3.05) is 13.2 Å². The predicted molar refractivity (Wildman–Crippen MR) is 26.5 cm³/mol. The minimum absolute atomic E-state index is 0.264. The van der Waals surface area contributed by atoms with Crippen LogP contribution in [0.4, 0.5) is 0 Å². The van der Waals surface area contributed by atoms with Gasteiger partial charge in [0, 0.05) is 13.2 Å². The van der Waals surface area contributed by atoms with E-state index in [2.05, 4.69) is 10.2 Å². The molecule has 0 aliphatic carbocycles. The zero-order chi connectivity index (χ0) is 4.85. The van der Waals surface area contributed by atoms with Gasteiger partial charge in [-0.1, -0.05) is 0 Å². The Morgan fingerprint density at radius 2 is 2.57 bits per heavy atom. The fourth-order valence-corrected chi connectivity index (χ4v) is 1.07. The average Bonchev–Trinajstić information content (AvgIpc) is 2.33. The predicted octanol–water partition coefficient (Wildman–Crippen LogP) is -1.48. The minimum Gasteiger partial charge on any atom is -0.315 e. The quantitative estimate of drug-likeness (QED) is 0.364. The van der Waals surface area contributed by atoms with Gasteiger partial charge in [-0.05, 0) is 0 Å². The Labute approximate surface area is 42.5 Å². The van der Waals surface area contributed by atoms with Crippen molar-refractivity contribution >= 4 is 0 Å². The molecule has 0 bridgehead atoms. The molecule has 3 unspecified atom stereocenters. The highest BCUT2D eigenvalue weighted by Gasteiger charge is 2.43. The van der Waals surface area contributed by atoms with Crippen LogP contribution in [0.2, 0.25) is 0 Å². The van der Waals surface area contributed by atoms with E-state index in [9.17, 15) is 0 Å². The van der Waals surface area contributed by atoms with Gasteiger partial charge in [-0.2, -0.15) is 0 Å². The van der Waals surface area contributed by atoms with Crippen LogP contribution in [0.3, 0.4) is 0 Å². The van der Waals surface area contributed by atoms with Crippen molar-refractivity contribution in [3.8, 4) is 0 Å². The Bertz CT molecular complexity index is 92.9. The van der Waals surface area contributed by atoms with Crippen molar-refractivity contribution in [3.63, 3.8) is 0 Å². The number of fused-ring (bicyclic) bond motifs is 1. The summed E-state index contributed by atoms with van der Waals surface area (Å²) in [4.78, 5) is 2.31. The summed E-state index contributed by atoms with van der Waals surface area (Å²) in [5.41, 5.74) is 5.57. The molecule has 0 aromatic carbocycles. The maximum atomic E-state index is 5.57. The van der Waals surface area contributed by atoms with Gasteiger partial charge < -0.3 is 5.73 Å². The maximum absolute atomic E-state index is 5.57. The molecule has 3 nitrogen and oxygen atoms in total. The second-order valence-corrected chi connectivity index (χ2v) is 2.23. The summed E-state index contributed by atoms with van der Waals surface area (Å²) in [5.74, 6) is 0. The zero-order valence-corrected chi connectivity index (χ0v) is 4.09. The first-order valence-electron chi connectivity index (χ1n) is 2.61. The normalized spacial score (nSPS) is 57.0. The second kappa shape index (κ2) is 0.992. The molecule has 0 saturated carbocycles. The molecule has 2 aliphatic heterocycles. The van der Waals surface area contributed by atoms with E-state index in [1.54, 1.807) is 0 Å². The Morgan fingerprint density at radius 1 is 1.71 bits per heavy atom. The molecule has 3 N–H and O–H groups in total. The van der Waals surface area contributed by atoms with E-state index in [4.69, 9.17) is 5.73 Å². The van der Waals surface area contributed by atoms with Crippen molar-refractivity contribution in [2.24, 2.45) is 5.73 Å². The van der Waals surface area contributed by atoms with Gasteiger partial charge in [-0.25, -0.2) is 0 Å². The first kappa shape index (κ1) is 3.83. The summed E-state index contributed by atoms with van der Waals surface area (Å²) in [7, 11) is 0. The van der Waals surface area contributed by atoms with Crippen molar-refractivity contribution in [3.05, 3.63) is 0 Å². The second-order valence-electron chi connectivity index (χ2n) is 2.23. The van der Waals surface area contributed by atoms with Crippen LogP contribution >= 0.6 is 0 Å². The molecule has 2 saturated heterocycles. The highest BCUT2D eigenvalue weighted by molar-refractivity contribution is 5.00. The van der Waals surface area contributed by atoms with Gasteiger partial charge in [0.15, 0.2) is 0 Å². The van der Waals surface area contributed by atoms with E-state index < -0.39 is 0 Å². The van der Waals surface area contributed by atoms with Gasteiger partial charge >= 0.3 is 0 Å². The largest absolute Gasteiger partial charge is 0.315 e. The molecule has 3 atom stereocenters. The number of nitrogens with two attached hydrogens (primary N) is 1. The van der Waals surface area contributed by atoms with Gasteiger partial charge in [0.05, 0.1) is 12.2 Å². The Hall–Kier alpha value is -0.120. The number of nitrogens with one attached hydrogen (secondary N) is 1. The summed E-state index contributed by atoms with van der Waals surface area (Å²) in [6, 6.07) is 0.681. The lowest BCUT2D eigenvalue weighted by Gasteiger charge is -2.00. The Kier molecular flexibility index (Phi) is 0.543. The monoisotopic (exact) mass is 99.1 g/mol. The summed E-state index contributed by atoms with van der Waals surface area (Å²) >= 11 is 0. The van der Waals surface area contributed by atoms with Crippen LogP contribution < -0.4 is 11.1 Å². The molecule has 0 spiro atoms. The molecule has 2 fully saturated rings. The lowest BCUT2D eigenvalue weighted by molar-refractivity contribution is 0.551. The summed E-state index contributed by atoms with van der Waals surface area (Å²) in [5, 5.41) is 3.12. The summed E-state index contributed by atoms with van der Waals surface area (Å²) < 4.78 is 0. The highest BCUT2D eigenvalue weighted by Crippen LogP contribution is 2.21. The lowest BCUT2D eigenvalue weighted by Crippen LogP contribution is -2.37. The van der Waals surface area contributed by atoms with E-state index >= 15 is 0 Å². The van der Waals surface area contributed by atoms with Crippen LogP contribution in [-0.2, 0) is 0 Å². The zero-order valence-electron chi connectivity index (χ0n) is 4.09. The fourth-order valence-electron chi connectivity index (χ4n) is 1.07. The van der Waals surface area contributed by atoms with Gasteiger partial charge in [-0.3, -0.25) is 10.2 Å². The maximum Gasteiger partial charge on any atom is 0.0729 e. The number of rotatable bonds is 0. The van der Waals surface area contributed by atoms with Crippen molar-refractivity contribution in [2.45, 2.75) is 12.2 Å². The number of hydrogen-bond acceptors (Lipinski definition) is 3. The molecular formula is C4H9N3. The highest BCUT2D eigenvalue weighted by atomic mass is 15.5. The van der Waals surface area contributed by atoms with E-state index in [1.807, 2.05) is 0 Å². The van der Waals surface area contributed by atoms with Crippen LogP contribution in [0.25, 0.3) is 0 Å². The molecule has 3 heteroatoms. The first-order chi connectivity index (χ1) is 3.38. The van der Waals surface area contributed by atoms with Gasteiger partial charge in [0.25, 0.3) is 0 Å². The molecule has 7 heavy (non-hydrogen) atoms. The van der Waals surface area contributed by atoms with Crippen LogP contribution in [0, 0.1) is 0 Å². The molecule has 2 aliphatic rings. The van der Waals surface area contributed by atoms with Gasteiger partial charge in [0.2, 0.25) is 0 Å². The standard InChI is InChI=1S/C4H9N3/c5-4-3-1-7(3)2-6-4/h3-4,6H,1-2,5H2.